The van der Waals surface area contributed by atoms with E-state index in [2.05, 4.69) is 5.32 Å². The number of carbonyl (C=O) groups excluding carboxylic acids is 1. The fourth-order valence-corrected chi connectivity index (χ4v) is 2.15. The van der Waals surface area contributed by atoms with Crippen LogP contribution in [0.1, 0.15) is 24.5 Å². The number of amides is 1. The third-order valence-electron chi connectivity index (χ3n) is 3.19. The number of aliphatic hydroxyl groups is 1. The summed E-state index contributed by atoms with van der Waals surface area (Å²) in [6.07, 6.45) is 0.638. The van der Waals surface area contributed by atoms with Crippen molar-refractivity contribution in [2.24, 2.45) is 5.92 Å². The fraction of sp³-hybridized carbons (Fsp3) is 0.462. The maximum Gasteiger partial charge on any atom is 0.220 e. The lowest BCUT2D eigenvalue weighted by atomic mass is 9.88. The van der Waals surface area contributed by atoms with E-state index >= 15 is 0 Å². The largest absolute Gasteiger partial charge is 0.497 e. The monoisotopic (exact) mass is 235 g/mol. The molecular weight excluding hydrogens is 218 g/mol. The SMILES string of the molecule is COc1ccc(C(O)C2CCNC(=O)C2)cc1. The molecule has 2 N–H and O–H groups in total. The highest BCUT2D eigenvalue weighted by atomic mass is 16.5. The lowest BCUT2D eigenvalue weighted by Crippen LogP contribution is -2.35. The molecular formula is C13H17NO3. The smallest absolute Gasteiger partial charge is 0.220 e. The Balaban J connectivity index is 2.07. The summed E-state index contributed by atoms with van der Waals surface area (Å²) >= 11 is 0. The summed E-state index contributed by atoms with van der Waals surface area (Å²) in [5, 5.41) is 13.0. The van der Waals surface area contributed by atoms with E-state index in [9.17, 15) is 9.90 Å². The highest BCUT2D eigenvalue weighted by Gasteiger charge is 2.26. The molecule has 1 aromatic rings. The molecule has 1 amide bonds. The van der Waals surface area contributed by atoms with Crippen molar-refractivity contribution in [3.63, 3.8) is 0 Å². The van der Waals surface area contributed by atoms with Crippen LogP contribution in [0.15, 0.2) is 24.3 Å². The summed E-state index contributed by atoms with van der Waals surface area (Å²) in [5.74, 6) is 0.799. The molecule has 4 heteroatoms. The first-order chi connectivity index (χ1) is 8.20. The van der Waals surface area contributed by atoms with Crippen LogP contribution in [0.25, 0.3) is 0 Å². The van der Waals surface area contributed by atoms with Crippen molar-refractivity contribution in [3.05, 3.63) is 29.8 Å². The van der Waals surface area contributed by atoms with Crippen molar-refractivity contribution in [1.29, 1.82) is 0 Å². The first-order valence-electron chi connectivity index (χ1n) is 5.79. The highest BCUT2D eigenvalue weighted by Crippen LogP contribution is 2.29. The van der Waals surface area contributed by atoms with Crippen molar-refractivity contribution in [3.8, 4) is 5.75 Å². The highest BCUT2D eigenvalue weighted by molar-refractivity contribution is 5.76. The number of piperidine rings is 1. The van der Waals surface area contributed by atoms with Crippen LogP contribution >= 0.6 is 0 Å². The van der Waals surface area contributed by atoms with Gasteiger partial charge in [0.25, 0.3) is 0 Å². The van der Waals surface area contributed by atoms with Gasteiger partial charge in [-0.3, -0.25) is 4.79 Å². The van der Waals surface area contributed by atoms with Crippen LogP contribution in [-0.4, -0.2) is 24.7 Å². The van der Waals surface area contributed by atoms with Gasteiger partial charge in [0.15, 0.2) is 0 Å². The number of benzene rings is 1. The summed E-state index contributed by atoms with van der Waals surface area (Å²) in [6.45, 7) is 0.650. The Labute approximate surface area is 101 Å². The van der Waals surface area contributed by atoms with Crippen molar-refractivity contribution in [2.45, 2.75) is 18.9 Å². The lowest BCUT2D eigenvalue weighted by Gasteiger charge is -2.26. The van der Waals surface area contributed by atoms with Gasteiger partial charge < -0.3 is 15.2 Å². The molecule has 1 fully saturated rings. The standard InChI is InChI=1S/C13H17NO3/c1-17-11-4-2-9(3-5-11)13(16)10-6-7-14-12(15)8-10/h2-5,10,13,16H,6-8H2,1H3,(H,14,15). The number of rotatable bonds is 3. The van der Waals surface area contributed by atoms with Crippen LogP contribution in [0.5, 0.6) is 5.75 Å². The van der Waals surface area contributed by atoms with Crippen molar-refractivity contribution in [1.82, 2.24) is 5.32 Å². The third-order valence-corrected chi connectivity index (χ3v) is 3.19. The number of carbonyl (C=O) groups is 1. The topological polar surface area (TPSA) is 58.6 Å². The molecule has 2 atom stereocenters. The third kappa shape index (κ3) is 2.77. The summed E-state index contributed by atoms with van der Waals surface area (Å²) < 4.78 is 5.07. The van der Waals surface area contributed by atoms with E-state index < -0.39 is 6.10 Å². The second-order valence-electron chi connectivity index (χ2n) is 4.32. The van der Waals surface area contributed by atoms with E-state index in [0.29, 0.717) is 13.0 Å². The Morgan fingerprint density at radius 3 is 2.71 bits per heavy atom. The second-order valence-corrected chi connectivity index (χ2v) is 4.32. The molecule has 2 rings (SSSR count). The average molecular weight is 235 g/mol. The van der Waals surface area contributed by atoms with Crippen molar-refractivity contribution >= 4 is 5.91 Å². The number of nitrogens with one attached hydrogen (secondary N) is 1. The number of hydrogen-bond acceptors (Lipinski definition) is 3. The molecule has 0 saturated carbocycles. The van der Waals surface area contributed by atoms with Crippen LogP contribution in [0, 0.1) is 5.92 Å². The maximum atomic E-state index is 11.3. The van der Waals surface area contributed by atoms with E-state index in [0.717, 1.165) is 17.7 Å². The minimum absolute atomic E-state index is 0.0112. The normalized spacial score (nSPS) is 21.8. The van der Waals surface area contributed by atoms with Crippen LogP contribution in [0.2, 0.25) is 0 Å². The summed E-state index contributed by atoms with van der Waals surface area (Å²) in [7, 11) is 1.61. The molecule has 0 aliphatic carbocycles. The van der Waals surface area contributed by atoms with Gasteiger partial charge in [0.1, 0.15) is 5.75 Å². The zero-order valence-corrected chi connectivity index (χ0v) is 9.85. The van der Waals surface area contributed by atoms with E-state index in [1.54, 1.807) is 7.11 Å². The molecule has 17 heavy (non-hydrogen) atoms. The first-order valence-corrected chi connectivity index (χ1v) is 5.79. The number of methoxy groups -OCH3 is 1. The minimum Gasteiger partial charge on any atom is -0.497 e. The molecule has 1 aliphatic heterocycles. The van der Waals surface area contributed by atoms with Gasteiger partial charge in [-0.1, -0.05) is 12.1 Å². The van der Waals surface area contributed by atoms with Gasteiger partial charge in [0.2, 0.25) is 5.91 Å². The van der Waals surface area contributed by atoms with Gasteiger partial charge in [-0.15, -0.1) is 0 Å². The van der Waals surface area contributed by atoms with Gasteiger partial charge >= 0.3 is 0 Å². The zero-order chi connectivity index (χ0) is 12.3. The van der Waals surface area contributed by atoms with E-state index in [1.807, 2.05) is 24.3 Å². The lowest BCUT2D eigenvalue weighted by molar-refractivity contribution is -0.125. The van der Waals surface area contributed by atoms with E-state index in [1.165, 1.54) is 0 Å². The molecule has 1 aliphatic rings. The van der Waals surface area contributed by atoms with Crippen LogP contribution < -0.4 is 10.1 Å². The van der Waals surface area contributed by atoms with Crippen LogP contribution in [0.4, 0.5) is 0 Å². The van der Waals surface area contributed by atoms with E-state index in [-0.39, 0.29) is 11.8 Å². The predicted octanol–water partition coefficient (Wildman–Crippen LogP) is 1.25. The van der Waals surface area contributed by atoms with Crippen molar-refractivity contribution in [2.75, 3.05) is 13.7 Å². The minimum atomic E-state index is -0.577. The number of aliphatic hydroxyl groups excluding tert-OH is 1. The molecule has 2 unspecified atom stereocenters. The Hall–Kier alpha value is -1.55. The summed E-state index contributed by atoms with van der Waals surface area (Å²) in [6, 6.07) is 7.33. The zero-order valence-electron chi connectivity index (χ0n) is 9.85. The Morgan fingerprint density at radius 2 is 2.12 bits per heavy atom. The van der Waals surface area contributed by atoms with Gasteiger partial charge in [-0.25, -0.2) is 0 Å². The maximum absolute atomic E-state index is 11.3. The van der Waals surface area contributed by atoms with Gasteiger partial charge in [0, 0.05) is 13.0 Å². The fourth-order valence-electron chi connectivity index (χ4n) is 2.15. The molecule has 92 valence electrons. The van der Waals surface area contributed by atoms with Gasteiger partial charge in [-0.05, 0) is 30.0 Å². The summed E-state index contributed by atoms with van der Waals surface area (Å²) in [5.41, 5.74) is 0.838. The molecule has 0 aromatic heterocycles. The van der Waals surface area contributed by atoms with E-state index in [4.69, 9.17) is 4.74 Å². The molecule has 0 bridgehead atoms. The molecule has 1 heterocycles. The summed E-state index contributed by atoms with van der Waals surface area (Å²) in [4.78, 5) is 11.3. The number of ether oxygens (including phenoxy) is 1. The Morgan fingerprint density at radius 1 is 1.41 bits per heavy atom. The predicted molar refractivity (Wildman–Crippen MR) is 63.7 cm³/mol. The van der Waals surface area contributed by atoms with Crippen LogP contribution in [-0.2, 0) is 4.79 Å². The van der Waals surface area contributed by atoms with Gasteiger partial charge in [-0.2, -0.15) is 0 Å². The molecule has 4 nitrogen and oxygen atoms in total. The molecule has 0 spiro atoms. The second kappa shape index (κ2) is 5.19. The Kier molecular flexibility index (Phi) is 3.64. The molecule has 1 saturated heterocycles. The Bertz CT molecular complexity index is 388. The van der Waals surface area contributed by atoms with Gasteiger partial charge in [0.05, 0.1) is 13.2 Å². The first kappa shape index (κ1) is 11.9. The average Bonchev–Trinajstić information content (AvgIpc) is 2.38. The van der Waals surface area contributed by atoms with Crippen LogP contribution in [0.3, 0.4) is 0 Å². The molecule has 0 radical (unpaired) electrons. The quantitative estimate of drug-likeness (QED) is 0.829. The number of hydrogen-bond donors (Lipinski definition) is 2. The molecule has 1 aromatic carbocycles. The van der Waals surface area contributed by atoms with Crippen molar-refractivity contribution < 1.29 is 14.6 Å².